The van der Waals surface area contributed by atoms with Crippen molar-refractivity contribution in [3.05, 3.63) is 65.4 Å². The van der Waals surface area contributed by atoms with E-state index in [1.54, 1.807) is 54.9 Å². The third-order valence-electron chi connectivity index (χ3n) is 3.39. The number of anilines is 1. The van der Waals surface area contributed by atoms with Crippen molar-refractivity contribution in [2.75, 3.05) is 5.32 Å². The number of hydrogen-bond donors (Lipinski definition) is 2. The molecular formula is C17H14ClN3O2. The summed E-state index contributed by atoms with van der Waals surface area (Å²) < 4.78 is 0. The van der Waals surface area contributed by atoms with Crippen molar-refractivity contribution in [2.45, 2.75) is 12.5 Å². The Kier molecular flexibility index (Phi) is 4.50. The zero-order valence-corrected chi connectivity index (χ0v) is 12.9. The summed E-state index contributed by atoms with van der Waals surface area (Å²) in [7, 11) is 0. The van der Waals surface area contributed by atoms with E-state index in [9.17, 15) is 9.90 Å². The fourth-order valence-corrected chi connectivity index (χ4v) is 2.36. The molecule has 1 heterocycles. The molecule has 0 radical (unpaired) electrons. The largest absolute Gasteiger partial charge is 0.388 e. The molecule has 0 saturated heterocycles. The molecule has 0 aliphatic carbocycles. The first-order valence-electron chi connectivity index (χ1n) is 7.06. The molecule has 1 atom stereocenters. The minimum Gasteiger partial charge on any atom is -0.388 e. The summed E-state index contributed by atoms with van der Waals surface area (Å²) in [5.74, 6) is -0.282. The molecule has 0 spiro atoms. The molecule has 0 fully saturated rings. The number of nitrogens with zero attached hydrogens (tertiary/aromatic N) is 2. The molecule has 0 aliphatic heterocycles. The lowest BCUT2D eigenvalue weighted by atomic mass is 10.1. The number of carbonyl (C=O) groups is 1. The van der Waals surface area contributed by atoms with Crippen LogP contribution in [0.25, 0.3) is 11.0 Å². The van der Waals surface area contributed by atoms with Gasteiger partial charge in [0.25, 0.3) is 0 Å². The van der Waals surface area contributed by atoms with E-state index in [2.05, 4.69) is 15.3 Å². The second-order valence-corrected chi connectivity index (χ2v) is 5.52. The second kappa shape index (κ2) is 6.73. The standard InChI is InChI=1S/C17H14ClN3O2/c18-12-3-1-11(2-4-12)16(22)10-17(23)21-13-5-6-14-15(9-13)20-8-7-19-14/h1-9,16,22H,10H2,(H,21,23). The van der Waals surface area contributed by atoms with Gasteiger partial charge in [-0.3, -0.25) is 14.8 Å². The van der Waals surface area contributed by atoms with Crippen LogP contribution in [0.1, 0.15) is 18.1 Å². The first-order valence-corrected chi connectivity index (χ1v) is 7.44. The molecule has 2 aromatic carbocycles. The molecule has 0 saturated carbocycles. The number of nitrogens with one attached hydrogen (secondary N) is 1. The molecule has 1 amide bonds. The number of hydrogen-bond acceptors (Lipinski definition) is 4. The molecule has 6 heteroatoms. The average molecular weight is 328 g/mol. The molecule has 0 bridgehead atoms. The molecule has 2 N–H and O–H groups in total. The van der Waals surface area contributed by atoms with Gasteiger partial charge in [0.15, 0.2) is 0 Å². The highest BCUT2D eigenvalue weighted by atomic mass is 35.5. The topological polar surface area (TPSA) is 75.1 Å². The predicted octanol–water partition coefficient (Wildman–Crippen LogP) is 3.35. The number of amides is 1. The Hall–Kier alpha value is -2.50. The summed E-state index contributed by atoms with van der Waals surface area (Å²) in [5.41, 5.74) is 2.72. The lowest BCUT2D eigenvalue weighted by Crippen LogP contribution is -2.15. The van der Waals surface area contributed by atoms with Crippen molar-refractivity contribution in [3.8, 4) is 0 Å². The van der Waals surface area contributed by atoms with Crippen LogP contribution >= 0.6 is 11.6 Å². The van der Waals surface area contributed by atoms with Gasteiger partial charge in [0.05, 0.1) is 23.6 Å². The number of benzene rings is 2. The van der Waals surface area contributed by atoms with E-state index in [-0.39, 0.29) is 12.3 Å². The Bertz CT molecular complexity index is 837. The fourth-order valence-electron chi connectivity index (χ4n) is 2.23. The minimum absolute atomic E-state index is 0.0415. The quantitative estimate of drug-likeness (QED) is 0.770. The van der Waals surface area contributed by atoms with Crippen LogP contribution in [0.2, 0.25) is 5.02 Å². The number of aliphatic hydroxyl groups excluding tert-OH is 1. The smallest absolute Gasteiger partial charge is 0.227 e. The van der Waals surface area contributed by atoms with E-state index in [0.717, 1.165) is 5.52 Å². The second-order valence-electron chi connectivity index (χ2n) is 5.08. The number of rotatable bonds is 4. The Labute approximate surface area is 138 Å². The maximum atomic E-state index is 12.1. The van der Waals surface area contributed by atoms with Crippen molar-refractivity contribution in [3.63, 3.8) is 0 Å². The van der Waals surface area contributed by atoms with Gasteiger partial charge in [0.2, 0.25) is 5.91 Å². The summed E-state index contributed by atoms with van der Waals surface area (Å²) in [6, 6.07) is 12.0. The fraction of sp³-hybridized carbons (Fsp3) is 0.118. The van der Waals surface area contributed by atoms with Gasteiger partial charge in [-0.1, -0.05) is 23.7 Å². The van der Waals surface area contributed by atoms with Crippen LogP contribution < -0.4 is 5.32 Å². The van der Waals surface area contributed by atoms with E-state index in [1.807, 2.05) is 0 Å². The van der Waals surface area contributed by atoms with Crippen LogP contribution in [-0.4, -0.2) is 21.0 Å². The summed E-state index contributed by atoms with van der Waals surface area (Å²) in [4.78, 5) is 20.4. The maximum Gasteiger partial charge on any atom is 0.227 e. The van der Waals surface area contributed by atoms with Gasteiger partial charge in [-0.15, -0.1) is 0 Å². The maximum absolute atomic E-state index is 12.1. The zero-order valence-electron chi connectivity index (χ0n) is 12.1. The predicted molar refractivity (Wildman–Crippen MR) is 89.2 cm³/mol. The molecular weight excluding hydrogens is 314 g/mol. The minimum atomic E-state index is -0.882. The monoisotopic (exact) mass is 327 g/mol. The van der Waals surface area contributed by atoms with Crippen molar-refractivity contribution in [1.29, 1.82) is 0 Å². The lowest BCUT2D eigenvalue weighted by molar-refractivity contribution is -0.118. The third-order valence-corrected chi connectivity index (χ3v) is 3.64. The summed E-state index contributed by atoms with van der Waals surface area (Å²) >= 11 is 5.81. The van der Waals surface area contributed by atoms with E-state index >= 15 is 0 Å². The SMILES string of the molecule is O=C(CC(O)c1ccc(Cl)cc1)Nc1ccc2nccnc2c1. The van der Waals surface area contributed by atoms with Crippen molar-refractivity contribution < 1.29 is 9.90 Å². The Morgan fingerprint density at radius 2 is 1.78 bits per heavy atom. The molecule has 1 unspecified atom stereocenters. The highest BCUT2D eigenvalue weighted by Crippen LogP contribution is 2.20. The number of carbonyl (C=O) groups excluding carboxylic acids is 1. The van der Waals surface area contributed by atoms with Crippen molar-refractivity contribution in [1.82, 2.24) is 9.97 Å². The van der Waals surface area contributed by atoms with Crippen molar-refractivity contribution in [2.24, 2.45) is 0 Å². The molecule has 23 heavy (non-hydrogen) atoms. The van der Waals surface area contributed by atoms with Gasteiger partial charge in [-0.25, -0.2) is 0 Å². The van der Waals surface area contributed by atoms with Crippen LogP contribution in [0.4, 0.5) is 5.69 Å². The van der Waals surface area contributed by atoms with E-state index < -0.39 is 6.10 Å². The van der Waals surface area contributed by atoms with Crippen LogP contribution in [0.3, 0.4) is 0 Å². The zero-order chi connectivity index (χ0) is 16.2. The summed E-state index contributed by atoms with van der Waals surface area (Å²) in [6.07, 6.45) is 2.29. The molecule has 3 rings (SSSR count). The summed E-state index contributed by atoms with van der Waals surface area (Å²) in [5, 5.41) is 13.4. The van der Waals surface area contributed by atoms with Crippen LogP contribution in [0.5, 0.6) is 0 Å². The van der Waals surface area contributed by atoms with Crippen LogP contribution in [0, 0.1) is 0 Å². The van der Waals surface area contributed by atoms with E-state index in [4.69, 9.17) is 11.6 Å². The molecule has 5 nitrogen and oxygen atoms in total. The highest BCUT2D eigenvalue weighted by Gasteiger charge is 2.13. The van der Waals surface area contributed by atoms with E-state index in [1.165, 1.54) is 0 Å². The first kappa shape index (κ1) is 15.4. The van der Waals surface area contributed by atoms with Gasteiger partial charge >= 0.3 is 0 Å². The lowest BCUT2D eigenvalue weighted by Gasteiger charge is -2.11. The average Bonchev–Trinajstić information content (AvgIpc) is 2.55. The normalized spacial score (nSPS) is 12.1. The Balaban J connectivity index is 1.67. The first-order chi connectivity index (χ1) is 11.1. The molecule has 1 aromatic heterocycles. The Morgan fingerprint density at radius 1 is 1.09 bits per heavy atom. The van der Waals surface area contributed by atoms with Gasteiger partial charge in [-0.05, 0) is 35.9 Å². The van der Waals surface area contributed by atoms with Gasteiger partial charge in [-0.2, -0.15) is 0 Å². The molecule has 0 aliphatic rings. The van der Waals surface area contributed by atoms with Crippen LogP contribution in [0.15, 0.2) is 54.9 Å². The molecule has 116 valence electrons. The number of fused-ring (bicyclic) bond motifs is 1. The van der Waals surface area contributed by atoms with Crippen LogP contribution in [-0.2, 0) is 4.79 Å². The number of halogens is 1. The van der Waals surface area contributed by atoms with Crippen molar-refractivity contribution >= 4 is 34.2 Å². The number of aliphatic hydroxyl groups is 1. The Morgan fingerprint density at radius 3 is 2.52 bits per heavy atom. The number of aromatic nitrogens is 2. The van der Waals surface area contributed by atoms with Gasteiger partial charge < -0.3 is 10.4 Å². The third kappa shape index (κ3) is 3.83. The van der Waals surface area contributed by atoms with Gasteiger partial charge in [0.1, 0.15) is 0 Å². The van der Waals surface area contributed by atoms with Gasteiger partial charge in [0, 0.05) is 23.1 Å². The molecule has 3 aromatic rings. The summed E-state index contributed by atoms with van der Waals surface area (Å²) in [6.45, 7) is 0. The highest BCUT2D eigenvalue weighted by molar-refractivity contribution is 6.30. The van der Waals surface area contributed by atoms with E-state index in [0.29, 0.717) is 21.8 Å².